The number of hydrogen-bond donors (Lipinski definition) is 2. The fourth-order valence-corrected chi connectivity index (χ4v) is 6.61. The molecule has 2 heterocycles. The Labute approximate surface area is 210 Å². The van der Waals surface area contributed by atoms with Crippen molar-refractivity contribution in [2.45, 2.75) is 25.4 Å². The highest BCUT2D eigenvalue weighted by Crippen LogP contribution is 2.44. The van der Waals surface area contributed by atoms with Gasteiger partial charge in [0.2, 0.25) is 0 Å². The lowest BCUT2D eigenvalue weighted by Gasteiger charge is -2.19. The molecule has 1 unspecified atom stereocenters. The quantitative estimate of drug-likeness (QED) is 0.515. The maximum absolute atomic E-state index is 12.9. The molecule has 0 saturated carbocycles. The third-order valence-corrected chi connectivity index (χ3v) is 8.35. The van der Waals surface area contributed by atoms with Crippen LogP contribution in [-0.4, -0.2) is 57.2 Å². The lowest BCUT2D eigenvalue weighted by atomic mass is 9.98. The van der Waals surface area contributed by atoms with E-state index in [4.69, 9.17) is 4.74 Å². The Balaban J connectivity index is 1.20. The zero-order chi connectivity index (χ0) is 24.5. The van der Waals surface area contributed by atoms with E-state index in [1.165, 1.54) is 16.7 Å². The summed E-state index contributed by atoms with van der Waals surface area (Å²) >= 11 is 2.57. The van der Waals surface area contributed by atoms with Crippen molar-refractivity contribution in [1.29, 1.82) is 0 Å². The van der Waals surface area contributed by atoms with Crippen LogP contribution in [0, 0.1) is 6.92 Å². The summed E-state index contributed by atoms with van der Waals surface area (Å²) in [5.74, 6) is -0.678. The summed E-state index contributed by atoms with van der Waals surface area (Å²) in [5.41, 5.74) is 5.12. The van der Waals surface area contributed by atoms with E-state index in [0.717, 1.165) is 33.6 Å². The summed E-state index contributed by atoms with van der Waals surface area (Å²) in [4.78, 5) is 42.9. The van der Waals surface area contributed by atoms with Gasteiger partial charge >= 0.3 is 12.1 Å². The van der Waals surface area contributed by atoms with E-state index in [1.807, 2.05) is 24.3 Å². The highest BCUT2D eigenvalue weighted by molar-refractivity contribution is 7.99. The van der Waals surface area contributed by atoms with Crippen LogP contribution in [-0.2, 0) is 16.1 Å². The number of hydrogen-bond acceptors (Lipinski definition) is 7. The summed E-state index contributed by atoms with van der Waals surface area (Å²) in [5, 5.41) is 12.6. The van der Waals surface area contributed by atoms with E-state index in [-0.39, 0.29) is 25.0 Å². The zero-order valence-electron chi connectivity index (χ0n) is 18.9. The van der Waals surface area contributed by atoms with Crippen LogP contribution in [0.15, 0.2) is 48.5 Å². The fraction of sp³-hybridized carbons (Fsp3) is 0.280. The highest BCUT2D eigenvalue weighted by Gasteiger charge is 2.36. The van der Waals surface area contributed by atoms with Gasteiger partial charge in [-0.25, -0.2) is 14.6 Å². The van der Waals surface area contributed by atoms with Gasteiger partial charge in [-0.15, -0.1) is 23.1 Å². The second-order valence-corrected chi connectivity index (χ2v) is 10.4. The second-order valence-electron chi connectivity index (χ2n) is 8.33. The molecule has 1 aromatic heterocycles. The number of carboxylic acids is 1. The highest BCUT2D eigenvalue weighted by atomic mass is 32.2. The third-order valence-electron chi connectivity index (χ3n) is 6.19. The molecule has 1 aliphatic carbocycles. The molecule has 35 heavy (non-hydrogen) atoms. The lowest BCUT2D eigenvalue weighted by molar-refractivity contribution is -0.140. The number of nitrogens with one attached hydrogen (secondary N) is 1. The van der Waals surface area contributed by atoms with E-state index in [1.54, 1.807) is 6.92 Å². The fourth-order valence-electron chi connectivity index (χ4n) is 4.50. The molecule has 3 aromatic rings. The molecule has 2 amide bonds. The first-order valence-electron chi connectivity index (χ1n) is 11.1. The van der Waals surface area contributed by atoms with E-state index >= 15 is 0 Å². The number of ether oxygens (including phenoxy) is 1. The molecule has 1 aliphatic heterocycles. The van der Waals surface area contributed by atoms with Gasteiger partial charge in [0, 0.05) is 11.7 Å². The third kappa shape index (κ3) is 4.51. The smallest absolute Gasteiger partial charge is 0.407 e. The molecule has 0 spiro atoms. The van der Waals surface area contributed by atoms with Crippen molar-refractivity contribution in [3.8, 4) is 11.1 Å². The van der Waals surface area contributed by atoms with Gasteiger partial charge in [0.15, 0.2) is 0 Å². The van der Waals surface area contributed by atoms with Crippen LogP contribution < -0.4 is 5.32 Å². The van der Waals surface area contributed by atoms with Gasteiger partial charge in [0.1, 0.15) is 22.5 Å². The number of rotatable bonds is 6. The molecule has 1 atom stereocenters. The van der Waals surface area contributed by atoms with Crippen molar-refractivity contribution < 1.29 is 24.2 Å². The molecule has 1 saturated heterocycles. The molecular weight excluding hydrogens is 486 g/mol. The van der Waals surface area contributed by atoms with Crippen molar-refractivity contribution in [3.05, 3.63) is 75.2 Å². The standard InChI is InChI=1S/C25H23N3O5S2/c1-14-22(23(29)28-13-34-12-20(28)24(30)31)35-21(27-14)10-26-25(32)33-11-19-17-8-4-2-6-15(17)16-7-3-5-9-18(16)19/h2-9,19-20H,10-13H2,1H3,(H,26,32)(H,30,31). The Kier molecular flexibility index (Phi) is 6.48. The van der Waals surface area contributed by atoms with Gasteiger partial charge in [0.05, 0.1) is 18.1 Å². The molecule has 2 N–H and O–H groups in total. The Morgan fingerprint density at radius 3 is 2.43 bits per heavy atom. The largest absolute Gasteiger partial charge is 0.480 e. The van der Waals surface area contributed by atoms with Crippen LogP contribution in [0.4, 0.5) is 4.79 Å². The molecule has 1 fully saturated rings. The van der Waals surface area contributed by atoms with E-state index in [9.17, 15) is 19.5 Å². The van der Waals surface area contributed by atoms with Crippen LogP contribution >= 0.6 is 23.1 Å². The number of fused-ring (bicyclic) bond motifs is 3. The van der Waals surface area contributed by atoms with Crippen LogP contribution in [0.1, 0.15) is 37.4 Å². The summed E-state index contributed by atoms with van der Waals surface area (Å²) in [7, 11) is 0. The number of nitrogens with zero attached hydrogens (tertiary/aromatic N) is 2. The number of thioether (sulfide) groups is 1. The summed E-state index contributed by atoms with van der Waals surface area (Å²) in [6.07, 6.45) is -0.561. The summed E-state index contributed by atoms with van der Waals surface area (Å²) < 4.78 is 5.55. The topological polar surface area (TPSA) is 109 Å². The SMILES string of the molecule is Cc1nc(CNC(=O)OCC2c3ccccc3-c3ccccc32)sc1C(=O)N1CSCC1C(=O)O. The first-order valence-corrected chi connectivity index (χ1v) is 13.1. The van der Waals surface area contributed by atoms with Crippen molar-refractivity contribution in [2.75, 3.05) is 18.2 Å². The average molecular weight is 510 g/mol. The predicted octanol–water partition coefficient (Wildman–Crippen LogP) is 4.09. The van der Waals surface area contributed by atoms with Gasteiger partial charge in [-0.1, -0.05) is 48.5 Å². The number of aryl methyl sites for hydroxylation is 1. The summed E-state index contributed by atoms with van der Waals surface area (Å²) in [6.45, 7) is 2.04. The van der Waals surface area contributed by atoms with Crippen molar-refractivity contribution >= 4 is 41.1 Å². The number of carbonyl (C=O) groups is 3. The van der Waals surface area contributed by atoms with Crippen LogP contribution in [0.25, 0.3) is 11.1 Å². The molecule has 5 rings (SSSR count). The van der Waals surface area contributed by atoms with Crippen LogP contribution in [0.5, 0.6) is 0 Å². The van der Waals surface area contributed by atoms with Crippen molar-refractivity contribution in [3.63, 3.8) is 0 Å². The molecule has 2 aromatic carbocycles. The Morgan fingerprint density at radius 2 is 1.77 bits per heavy atom. The Morgan fingerprint density at radius 1 is 1.11 bits per heavy atom. The molecule has 10 heteroatoms. The first-order chi connectivity index (χ1) is 16.9. The molecule has 180 valence electrons. The maximum Gasteiger partial charge on any atom is 0.407 e. The van der Waals surface area contributed by atoms with Crippen LogP contribution in [0.2, 0.25) is 0 Å². The Bertz CT molecular complexity index is 1260. The van der Waals surface area contributed by atoms with Gasteiger partial charge in [-0.2, -0.15) is 0 Å². The number of alkyl carbamates (subject to hydrolysis) is 1. The van der Waals surface area contributed by atoms with Gasteiger partial charge in [-0.3, -0.25) is 4.79 Å². The molecule has 0 radical (unpaired) electrons. The molecular formula is C25H23N3O5S2. The first kappa shape index (κ1) is 23.4. The van der Waals surface area contributed by atoms with E-state index in [0.29, 0.717) is 27.2 Å². The second kappa shape index (κ2) is 9.71. The predicted molar refractivity (Wildman–Crippen MR) is 134 cm³/mol. The van der Waals surface area contributed by atoms with Crippen molar-refractivity contribution in [1.82, 2.24) is 15.2 Å². The van der Waals surface area contributed by atoms with Gasteiger partial charge < -0.3 is 20.1 Å². The zero-order valence-corrected chi connectivity index (χ0v) is 20.5. The molecule has 0 bridgehead atoms. The number of aromatic nitrogens is 1. The van der Waals surface area contributed by atoms with E-state index in [2.05, 4.69) is 34.6 Å². The Hall–Kier alpha value is -3.37. The minimum Gasteiger partial charge on any atom is -0.480 e. The number of thiazole rings is 1. The van der Waals surface area contributed by atoms with Crippen LogP contribution in [0.3, 0.4) is 0 Å². The molecule has 8 nitrogen and oxygen atoms in total. The number of benzene rings is 2. The monoisotopic (exact) mass is 509 g/mol. The normalized spacial score (nSPS) is 16.6. The van der Waals surface area contributed by atoms with Gasteiger partial charge in [0.25, 0.3) is 5.91 Å². The molecule has 2 aliphatic rings. The number of carbonyl (C=O) groups excluding carboxylic acids is 2. The minimum absolute atomic E-state index is 0.0278. The maximum atomic E-state index is 12.9. The minimum atomic E-state index is -1.01. The van der Waals surface area contributed by atoms with Crippen molar-refractivity contribution in [2.24, 2.45) is 0 Å². The van der Waals surface area contributed by atoms with Gasteiger partial charge in [-0.05, 0) is 29.2 Å². The van der Waals surface area contributed by atoms with E-state index < -0.39 is 18.1 Å². The number of aliphatic carboxylic acids is 1. The number of amides is 2. The lowest BCUT2D eigenvalue weighted by Crippen LogP contribution is -2.41. The number of carboxylic acid groups (broad SMARTS) is 1. The average Bonchev–Trinajstić information content (AvgIpc) is 3.57. The summed E-state index contributed by atoms with van der Waals surface area (Å²) in [6, 6.07) is 15.4.